The lowest BCUT2D eigenvalue weighted by atomic mass is 10.1. The van der Waals surface area contributed by atoms with Gasteiger partial charge in [-0.05, 0) is 23.6 Å². The number of benzene rings is 1. The summed E-state index contributed by atoms with van der Waals surface area (Å²) in [4.78, 5) is 3.95. The summed E-state index contributed by atoms with van der Waals surface area (Å²) in [6, 6.07) is 5.12. The summed E-state index contributed by atoms with van der Waals surface area (Å²) in [7, 11) is 0. The number of nitrogens with zero attached hydrogens (tertiary/aromatic N) is 1. The highest BCUT2D eigenvalue weighted by molar-refractivity contribution is 5.86. The maximum Gasteiger partial charge on any atom is 0.121 e. The minimum absolute atomic E-state index is 0.126. The highest BCUT2D eigenvalue weighted by Crippen LogP contribution is 2.25. The molecule has 3 heteroatoms. The third-order valence-electron chi connectivity index (χ3n) is 2.07. The summed E-state index contributed by atoms with van der Waals surface area (Å²) in [6.45, 7) is -0.160. The maximum absolute atomic E-state index is 9.43. The molecule has 0 bridgehead atoms. The molecule has 1 aromatic carbocycles. The molecule has 0 aliphatic rings. The van der Waals surface area contributed by atoms with E-state index in [4.69, 9.17) is 5.11 Å². The Kier molecular flexibility index (Phi) is 1.87. The number of hydrogen-bond donors (Lipinski definition) is 2. The number of aliphatic hydroxyl groups excluding tert-OH is 1. The van der Waals surface area contributed by atoms with Gasteiger partial charge >= 0.3 is 0 Å². The molecule has 1 heterocycles. The number of aromatic hydroxyl groups is 1. The van der Waals surface area contributed by atoms with E-state index in [0.29, 0.717) is 5.56 Å². The largest absolute Gasteiger partial charge is 0.508 e. The Bertz CT molecular complexity index is 440. The summed E-state index contributed by atoms with van der Waals surface area (Å²) >= 11 is 0. The van der Waals surface area contributed by atoms with Crippen LogP contribution in [0.1, 0.15) is 5.56 Å². The number of fused-ring (bicyclic) bond motifs is 1. The van der Waals surface area contributed by atoms with Gasteiger partial charge in [0.05, 0.1) is 6.61 Å². The van der Waals surface area contributed by atoms with Gasteiger partial charge in [-0.2, -0.15) is 0 Å². The Hall–Kier alpha value is -1.61. The third kappa shape index (κ3) is 1.23. The Labute approximate surface area is 75.3 Å². The van der Waals surface area contributed by atoms with Crippen LogP contribution in [-0.2, 0) is 6.61 Å². The van der Waals surface area contributed by atoms with Crippen LogP contribution in [0, 0.1) is 0 Å². The van der Waals surface area contributed by atoms with Gasteiger partial charge in [0.1, 0.15) is 5.75 Å². The lowest BCUT2D eigenvalue weighted by Gasteiger charge is -2.04. The summed E-state index contributed by atoms with van der Waals surface area (Å²) < 4.78 is 0. The van der Waals surface area contributed by atoms with E-state index in [-0.39, 0.29) is 12.4 Å². The molecule has 0 aliphatic carbocycles. The summed E-state index contributed by atoms with van der Waals surface area (Å²) in [5.74, 6) is 0.126. The van der Waals surface area contributed by atoms with Crippen molar-refractivity contribution in [3.63, 3.8) is 0 Å². The van der Waals surface area contributed by atoms with Crippen molar-refractivity contribution in [2.75, 3.05) is 0 Å². The Morgan fingerprint density at radius 1 is 1.23 bits per heavy atom. The van der Waals surface area contributed by atoms with Crippen molar-refractivity contribution >= 4 is 10.8 Å². The fraction of sp³-hybridized carbons (Fsp3) is 0.100. The van der Waals surface area contributed by atoms with Crippen molar-refractivity contribution < 1.29 is 10.2 Å². The number of hydrogen-bond acceptors (Lipinski definition) is 3. The molecule has 66 valence electrons. The third-order valence-corrected chi connectivity index (χ3v) is 2.07. The molecule has 13 heavy (non-hydrogen) atoms. The Balaban J connectivity index is 2.84. The molecule has 3 nitrogen and oxygen atoms in total. The first-order chi connectivity index (χ1) is 6.33. The fourth-order valence-electron chi connectivity index (χ4n) is 1.39. The van der Waals surface area contributed by atoms with E-state index < -0.39 is 0 Å². The van der Waals surface area contributed by atoms with Crippen molar-refractivity contribution in [3.8, 4) is 5.75 Å². The minimum Gasteiger partial charge on any atom is -0.508 e. The minimum atomic E-state index is -0.160. The molecular weight excluding hydrogens is 166 g/mol. The van der Waals surface area contributed by atoms with E-state index in [9.17, 15) is 5.11 Å². The second-order valence-electron chi connectivity index (χ2n) is 2.82. The van der Waals surface area contributed by atoms with Crippen LogP contribution in [0.3, 0.4) is 0 Å². The summed E-state index contributed by atoms with van der Waals surface area (Å²) in [5.41, 5.74) is 0.555. The van der Waals surface area contributed by atoms with E-state index in [1.54, 1.807) is 30.6 Å². The van der Waals surface area contributed by atoms with Gasteiger partial charge in [-0.1, -0.05) is 0 Å². The molecule has 1 aromatic heterocycles. The SMILES string of the molecule is OCc1c(O)ccc2cnccc12. The highest BCUT2D eigenvalue weighted by atomic mass is 16.3. The normalized spacial score (nSPS) is 10.5. The molecule has 0 radical (unpaired) electrons. The van der Waals surface area contributed by atoms with Crippen molar-refractivity contribution in [2.24, 2.45) is 0 Å². The van der Waals surface area contributed by atoms with E-state index in [1.807, 2.05) is 0 Å². The number of aromatic nitrogens is 1. The second-order valence-corrected chi connectivity index (χ2v) is 2.82. The maximum atomic E-state index is 9.43. The van der Waals surface area contributed by atoms with Crippen molar-refractivity contribution in [1.29, 1.82) is 0 Å². The van der Waals surface area contributed by atoms with E-state index in [0.717, 1.165) is 10.8 Å². The molecule has 0 saturated heterocycles. The van der Waals surface area contributed by atoms with Crippen LogP contribution in [0.15, 0.2) is 30.6 Å². The first kappa shape index (κ1) is 8.01. The van der Waals surface area contributed by atoms with E-state index >= 15 is 0 Å². The molecule has 0 fully saturated rings. The molecule has 2 N–H and O–H groups in total. The molecular formula is C10H9NO2. The van der Waals surface area contributed by atoms with Crippen LogP contribution < -0.4 is 0 Å². The van der Waals surface area contributed by atoms with Gasteiger partial charge in [0.2, 0.25) is 0 Å². The zero-order valence-electron chi connectivity index (χ0n) is 6.94. The van der Waals surface area contributed by atoms with Crippen LogP contribution in [-0.4, -0.2) is 15.2 Å². The zero-order chi connectivity index (χ0) is 9.26. The molecule has 2 aromatic rings. The van der Waals surface area contributed by atoms with Crippen molar-refractivity contribution in [1.82, 2.24) is 4.98 Å². The molecule has 0 unspecified atom stereocenters. The van der Waals surface area contributed by atoms with Gasteiger partial charge in [0, 0.05) is 23.3 Å². The van der Waals surface area contributed by atoms with Crippen LogP contribution in [0.2, 0.25) is 0 Å². The number of aliphatic hydroxyl groups is 1. The van der Waals surface area contributed by atoms with Gasteiger partial charge in [-0.25, -0.2) is 0 Å². The van der Waals surface area contributed by atoms with E-state index in [2.05, 4.69) is 4.98 Å². The van der Waals surface area contributed by atoms with Gasteiger partial charge in [0.15, 0.2) is 0 Å². The topological polar surface area (TPSA) is 53.4 Å². The quantitative estimate of drug-likeness (QED) is 0.689. The molecule has 2 rings (SSSR count). The molecule has 0 amide bonds. The average Bonchev–Trinajstić information content (AvgIpc) is 2.18. The lowest BCUT2D eigenvalue weighted by molar-refractivity contribution is 0.277. The van der Waals surface area contributed by atoms with Crippen molar-refractivity contribution in [2.45, 2.75) is 6.61 Å². The Morgan fingerprint density at radius 3 is 2.85 bits per heavy atom. The number of phenols is 1. The van der Waals surface area contributed by atoms with Crippen LogP contribution in [0.25, 0.3) is 10.8 Å². The first-order valence-electron chi connectivity index (χ1n) is 3.98. The smallest absolute Gasteiger partial charge is 0.121 e. The monoisotopic (exact) mass is 175 g/mol. The highest BCUT2D eigenvalue weighted by Gasteiger charge is 2.04. The molecule has 0 atom stereocenters. The van der Waals surface area contributed by atoms with E-state index in [1.165, 1.54) is 0 Å². The van der Waals surface area contributed by atoms with Crippen LogP contribution in [0.5, 0.6) is 5.75 Å². The second kappa shape index (κ2) is 3.03. The number of rotatable bonds is 1. The van der Waals surface area contributed by atoms with Crippen molar-refractivity contribution in [3.05, 3.63) is 36.2 Å². The average molecular weight is 175 g/mol. The predicted octanol–water partition coefficient (Wildman–Crippen LogP) is 1.43. The fourth-order valence-corrected chi connectivity index (χ4v) is 1.39. The summed E-state index contributed by atoms with van der Waals surface area (Å²) in [6.07, 6.45) is 3.34. The predicted molar refractivity (Wildman–Crippen MR) is 49.3 cm³/mol. The van der Waals surface area contributed by atoms with Gasteiger partial charge in [0.25, 0.3) is 0 Å². The lowest BCUT2D eigenvalue weighted by Crippen LogP contribution is -1.87. The van der Waals surface area contributed by atoms with Crippen LogP contribution in [0.4, 0.5) is 0 Å². The van der Waals surface area contributed by atoms with Crippen LogP contribution >= 0.6 is 0 Å². The summed E-state index contributed by atoms with van der Waals surface area (Å²) in [5, 5.41) is 20.2. The molecule has 0 aliphatic heterocycles. The van der Waals surface area contributed by atoms with Gasteiger partial charge in [-0.3, -0.25) is 4.98 Å². The molecule has 0 saturated carbocycles. The standard InChI is InChI=1S/C10H9NO2/c12-6-9-8-3-4-11-5-7(8)1-2-10(9)13/h1-5,12-13H,6H2. The number of pyridine rings is 1. The van der Waals surface area contributed by atoms with Gasteiger partial charge in [-0.15, -0.1) is 0 Å². The van der Waals surface area contributed by atoms with Gasteiger partial charge < -0.3 is 10.2 Å². The Morgan fingerprint density at radius 2 is 2.08 bits per heavy atom. The first-order valence-corrected chi connectivity index (χ1v) is 3.98. The zero-order valence-corrected chi connectivity index (χ0v) is 6.94. The molecule has 0 spiro atoms.